The van der Waals surface area contributed by atoms with Gasteiger partial charge in [0.1, 0.15) is 11.3 Å². The average molecular weight is 390 g/mol. The molecule has 0 saturated heterocycles. The molecule has 0 radical (unpaired) electrons. The molecule has 148 valence electrons. The van der Waals surface area contributed by atoms with Crippen molar-refractivity contribution >= 4 is 23.9 Å². The van der Waals surface area contributed by atoms with Crippen LogP contribution in [0.1, 0.15) is 36.8 Å². The molecule has 0 amide bonds. The number of benzene rings is 1. The summed E-state index contributed by atoms with van der Waals surface area (Å²) >= 11 is 0. The standard InChI is InChI=1S/C19H18O9/c1-24-13(20)9-12-14(18(22)26-3)16(19(23)27-4)28-15(12)10-5-7-11(8-6-10)17(21)25-2/h5-8H,9H2,1-4H3. The zero-order valence-electron chi connectivity index (χ0n) is 15.7. The van der Waals surface area contributed by atoms with Crippen LogP contribution in [-0.4, -0.2) is 52.3 Å². The van der Waals surface area contributed by atoms with E-state index in [2.05, 4.69) is 14.2 Å². The van der Waals surface area contributed by atoms with Gasteiger partial charge >= 0.3 is 23.9 Å². The second-order valence-corrected chi connectivity index (χ2v) is 5.42. The highest BCUT2D eigenvalue weighted by Gasteiger charge is 2.32. The summed E-state index contributed by atoms with van der Waals surface area (Å²) in [5.41, 5.74) is 0.567. The molecular weight excluding hydrogens is 372 g/mol. The van der Waals surface area contributed by atoms with Gasteiger partial charge < -0.3 is 23.4 Å². The SMILES string of the molecule is COC(=O)Cc1c(-c2ccc(C(=O)OC)cc2)oc(C(=O)OC)c1C(=O)OC. The molecule has 0 unspecified atom stereocenters. The highest BCUT2D eigenvalue weighted by atomic mass is 16.5. The van der Waals surface area contributed by atoms with Crippen LogP contribution in [0.2, 0.25) is 0 Å². The Balaban J connectivity index is 2.69. The molecule has 28 heavy (non-hydrogen) atoms. The zero-order chi connectivity index (χ0) is 20.8. The van der Waals surface area contributed by atoms with Gasteiger partial charge in [-0.1, -0.05) is 12.1 Å². The van der Waals surface area contributed by atoms with Gasteiger partial charge in [0.05, 0.1) is 40.4 Å². The quantitative estimate of drug-likeness (QED) is 0.539. The predicted octanol–water partition coefficient (Wildman–Crippen LogP) is 2.02. The summed E-state index contributed by atoms with van der Waals surface area (Å²) < 4.78 is 24.3. The summed E-state index contributed by atoms with van der Waals surface area (Å²) in [5, 5.41) is 0. The Morgan fingerprint density at radius 2 is 1.36 bits per heavy atom. The predicted molar refractivity (Wildman–Crippen MR) is 93.9 cm³/mol. The van der Waals surface area contributed by atoms with Gasteiger partial charge in [-0.05, 0) is 12.1 Å². The van der Waals surface area contributed by atoms with E-state index < -0.39 is 29.6 Å². The maximum atomic E-state index is 12.3. The van der Waals surface area contributed by atoms with Gasteiger partial charge in [-0.15, -0.1) is 0 Å². The van der Waals surface area contributed by atoms with Crippen LogP contribution < -0.4 is 0 Å². The normalized spacial score (nSPS) is 10.1. The number of hydrogen-bond donors (Lipinski definition) is 0. The fourth-order valence-corrected chi connectivity index (χ4v) is 2.51. The number of carbonyl (C=O) groups is 4. The molecule has 0 aliphatic rings. The van der Waals surface area contributed by atoms with Crippen molar-refractivity contribution in [2.24, 2.45) is 0 Å². The summed E-state index contributed by atoms with van der Waals surface area (Å²) in [6.07, 6.45) is -0.352. The molecule has 9 heteroatoms. The van der Waals surface area contributed by atoms with Crippen molar-refractivity contribution in [1.82, 2.24) is 0 Å². The lowest BCUT2D eigenvalue weighted by molar-refractivity contribution is -0.139. The van der Waals surface area contributed by atoms with Gasteiger partial charge in [0.25, 0.3) is 0 Å². The van der Waals surface area contributed by atoms with E-state index in [1.807, 2.05) is 0 Å². The molecule has 2 rings (SSSR count). The molecule has 2 aromatic rings. The maximum absolute atomic E-state index is 12.3. The fraction of sp³-hybridized carbons (Fsp3) is 0.263. The molecule has 0 fully saturated rings. The molecule has 0 bridgehead atoms. The van der Waals surface area contributed by atoms with Crippen LogP contribution in [0.25, 0.3) is 11.3 Å². The van der Waals surface area contributed by atoms with E-state index in [4.69, 9.17) is 9.15 Å². The van der Waals surface area contributed by atoms with E-state index in [1.54, 1.807) is 0 Å². The van der Waals surface area contributed by atoms with Crippen LogP contribution in [0.4, 0.5) is 0 Å². The molecule has 0 saturated carbocycles. The van der Waals surface area contributed by atoms with Crippen LogP contribution in [0, 0.1) is 0 Å². The summed E-state index contributed by atoms with van der Waals surface area (Å²) in [5.74, 6) is -3.31. The van der Waals surface area contributed by atoms with E-state index >= 15 is 0 Å². The van der Waals surface area contributed by atoms with Gasteiger partial charge in [0.15, 0.2) is 0 Å². The van der Waals surface area contributed by atoms with Crippen LogP contribution in [0.5, 0.6) is 0 Å². The highest BCUT2D eigenvalue weighted by molar-refractivity contribution is 6.05. The molecule has 0 aliphatic heterocycles. The van der Waals surface area contributed by atoms with Crippen molar-refractivity contribution in [3.8, 4) is 11.3 Å². The number of furan rings is 1. The maximum Gasteiger partial charge on any atom is 0.374 e. The number of methoxy groups -OCH3 is 4. The first-order valence-electron chi connectivity index (χ1n) is 7.95. The number of rotatable bonds is 6. The second kappa shape index (κ2) is 8.85. The Kier molecular flexibility index (Phi) is 6.54. The molecule has 9 nitrogen and oxygen atoms in total. The van der Waals surface area contributed by atoms with Crippen molar-refractivity contribution in [3.05, 3.63) is 46.7 Å². The van der Waals surface area contributed by atoms with Gasteiger partial charge in [0, 0.05) is 11.1 Å². The Labute approximate surface area is 160 Å². The first-order chi connectivity index (χ1) is 13.4. The minimum absolute atomic E-state index is 0.0719. The number of esters is 4. The lowest BCUT2D eigenvalue weighted by Crippen LogP contribution is -2.14. The minimum Gasteiger partial charge on any atom is -0.469 e. The van der Waals surface area contributed by atoms with Crippen LogP contribution >= 0.6 is 0 Å². The molecule has 0 aliphatic carbocycles. The molecule has 0 N–H and O–H groups in total. The summed E-state index contributed by atoms with van der Waals surface area (Å²) in [7, 11) is 4.69. The van der Waals surface area contributed by atoms with Crippen molar-refractivity contribution in [2.75, 3.05) is 28.4 Å². The summed E-state index contributed by atoms with van der Waals surface area (Å²) in [4.78, 5) is 47.8. The third-order valence-electron chi connectivity index (χ3n) is 3.88. The first-order valence-corrected chi connectivity index (χ1v) is 7.95. The molecule has 1 aromatic carbocycles. The van der Waals surface area contributed by atoms with Gasteiger partial charge in [-0.3, -0.25) is 4.79 Å². The van der Waals surface area contributed by atoms with Crippen LogP contribution in [0.3, 0.4) is 0 Å². The minimum atomic E-state index is -0.913. The third kappa shape index (κ3) is 4.03. The molecule has 1 aromatic heterocycles. The monoisotopic (exact) mass is 390 g/mol. The highest BCUT2D eigenvalue weighted by Crippen LogP contribution is 2.33. The molecular formula is C19H18O9. The van der Waals surface area contributed by atoms with E-state index in [0.717, 1.165) is 14.2 Å². The number of hydrogen-bond acceptors (Lipinski definition) is 9. The largest absolute Gasteiger partial charge is 0.469 e. The van der Waals surface area contributed by atoms with E-state index in [1.165, 1.54) is 38.5 Å². The van der Waals surface area contributed by atoms with Gasteiger partial charge in [-0.25, -0.2) is 14.4 Å². The number of ether oxygens (including phenoxy) is 4. The van der Waals surface area contributed by atoms with E-state index in [0.29, 0.717) is 5.56 Å². The topological polar surface area (TPSA) is 118 Å². The summed E-state index contributed by atoms with van der Waals surface area (Å²) in [6, 6.07) is 5.99. The van der Waals surface area contributed by atoms with E-state index in [-0.39, 0.29) is 28.9 Å². The molecule has 1 heterocycles. The third-order valence-corrected chi connectivity index (χ3v) is 3.88. The molecule has 0 atom stereocenters. The zero-order valence-corrected chi connectivity index (χ0v) is 15.7. The van der Waals surface area contributed by atoms with Crippen molar-refractivity contribution < 1.29 is 42.5 Å². The van der Waals surface area contributed by atoms with Crippen LogP contribution in [0.15, 0.2) is 28.7 Å². The fourth-order valence-electron chi connectivity index (χ4n) is 2.51. The Morgan fingerprint density at radius 1 is 0.786 bits per heavy atom. The van der Waals surface area contributed by atoms with E-state index in [9.17, 15) is 19.2 Å². The summed E-state index contributed by atoms with van der Waals surface area (Å²) in [6.45, 7) is 0. The van der Waals surface area contributed by atoms with Crippen molar-refractivity contribution in [2.45, 2.75) is 6.42 Å². The lowest BCUT2D eigenvalue weighted by atomic mass is 10.00. The Bertz CT molecular complexity index is 906. The number of carbonyl (C=O) groups excluding carboxylic acids is 4. The molecule has 0 spiro atoms. The Morgan fingerprint density at radius 3 is 1.86 bits per heavy atom. The Hall–Kier alpha value is -3.62. The average Bonchev–Trinajstić information content (AvgIpc) is 3.10. The van der Waals surface area contributed by atoms with Crippen LogP contribution in [-0.2, 0) is 30.2 Å². The van der Waals surface area contributed by atoms with Crippen molar-refractivity contribution in [1.29, 1.82) is 0 Å². The van der Waals surface area contributed by atoms with Gasteiger partial charge in [-0.2, -0.15) is 0 Å². The lowest BCUT2D eigenvalue weighted by Gasteiger charge is -2.05. The smallest absolute Gasteiger partial charge is 0.374 e. The first kappa shape index (κ1) is 20.7. The van der Waals surface area contributed by atoms with Crippen molar-refractivity contribution in [3.63, 3.8) is 0 Å². The van der Waals surface area contributed by atoms with Gasteiger partial charge in [0.2, 0.25) is 5.76 Å². The second-order valence-electron chi connectivity index (χ2n) is 5.42.